The molecule has 3 heterocycles. The number of rotatable bonds is 8. The summed E-state index contributed by atoms with van der Waals surface area (Å²) in [6.07, 6.45) is -7.61. The molecule has 5 aromatic rings. The first kappa shape index (κ1) is 35.7. The van der Waals surface area contributed by atoms with Gasteiger partial charge in [0, 0.05) is 6.54 Å². The van der Waals surface area contributed by atoms with Gasteiger partial charge < -0.3 is 30.3 Å². The van der Waals surface area contributed by atoms with Crippen LogP contribution in [-0.2, 0) is 17.5 Å². The molecule has 5 atom stereocenters. The molecule has 11 nitrogen and oxygen atoms in total. The Morgan fingerprint density at radius 2 is 1.52 bits per heavy atom. The van der Waals surface area contributed by atoms with Crippen LogP contribution >= 0.6 is 0 Å². The van der Waals surface area contributed by atoms with Crippen LogP contribution in [0.15, 0.2) is 85.1 Å². The van der Waals surface area contributed by atoms with Gasteiger partial charge in [-0.2, -0.15) is 13.2 Å². The molecule has 52 heavy (non-hydrogen) atoms. The van der Waals surface area contributed by atoms with Crippen LogP contribution in [0.3, 0.4) is 0 Å². The van der Waals surface area contributed by atoms with Crippen molar-refractivity contribution in [2.75, 3.05) is 19.7 Å². The lowest BCUT2D eigenvalue weighted by Crippen LogP contribution is -2.56. The summed E-state index contributed by atoms with van der Waals surface area (Å²) in [7, 11) is 0. The molecule has 5 unspecified atom stereocenters. The molecule has 5 N–H and O–H groups in total. The van der Waals surface area contributed by atoms with Crippen LogP contribution < -0.4 is 0 Å². The summed E-state index contributed by atoms with van der Waals surface area (Å²) < 4.78 is 46.1. The molecule has 1 aromatic heterocycles. The summed E-state index contributed by atoms with van der Waals surface area (Å²) in [5, 5.41) is 59.7. The number of aromatic carboxylic acids is 1. The summed E-state index contributed by atoms with van der Waals surface area (Å²) in [6.45, 7) is 1.57. The number of piperidine rings is 1. The molecule has 0 bridgehead atoms. The number of aliphatic hydroxyl groups is 4. The first-order valence-electron chi connectivity index (χ1n) is 16.9. The van der Waals surface area contributed by atoms with Gasteiger partial charge in [0.25, 0.3) is 0 Å². The molecule has 2 fully saturated rings. The molecule has 14 heteroatoms. The number of halogens is 3. The minimum Gasteiger partial charge on any atom is -0.478 e. The van der Waals surface area contributed by atoms with Gasteiger partial charge in [0.15, 0.2) is 6.23 Å². The van der Waals surface area contributed by atoms with Crippen molar-refractivity contribution in [3.63, 3.8) is 0 Å². The Morgan fingerprint density at radius 1 is 0.846 bits per heavy atom. The standard InChI is InChI=1S/C38H37F3N4O7/c39-38(40,41)28-8-5-22(6-9-28)25-7-10-30-26(15-25)16-27(37(50)51)17-31(30)24-3-1-21(2-4-24)23-11-13-44(14-12-23)18-29-19-45(43-42-29)36-35(49)34(48)33(47)32(20-46)52-36/h1-10,15-17,19,23,32-36,46-49H,11-14,18,20H2,(H,50,51). The molecule has 4 aromatic carbocycles. The number of hydrogen-bond acceptors (Lipinski definition) is 9. The molecular formula is C38H37F3N4O7. The lowest BCUT2D eigenvalue weighted by atomic mass is 9.87. The SMILES string of the molecule is O=C(O)c1cc(-c2ccc(C3CCN(Cc4cn(C5OC(CO)C(O)C(O)C5O)nn4)CC3)cc2)c2ccc(-c3ccc(C(F)(F)F)cc3)cc2c1. The third kappa shape index (κ3) is 7.18. The van der Waals surface area contributed by atoms with Crippen LogP contribution in [0.25, 0.3) is 33.0 Å². The molecule has 2 saturated heterocycles. The average Bonchev–Trinajstić information content (AvgIpc) is 3.61. The van der Waals surface area contributed by atoms with Crippen LogP contribution in [0, 0.1) is 0 Å². The zero-order valence-electron chi connectivity index (χ0n) is 27.8. The molecule has 0 aliphatic carbocycles. The van der Waals surface area contributed by atoms with Crippen LogP contribution in [0.5, 0.6) is 0 Å². The Labute approximate surface area is 296 Å². The fourth-order valence-electron chi connectivity index (χ4n) is 7.16. The van der Waals surface area contributed by atoms with Gasteiger partial charge >= 0.3 is 12.1 Å². The Bertz CT molecular complexity index is 2050. The Kier molecular flexibility index (Phi) is 9.87. The highest BCUT2D eigenvalue weighted by Crippen LogP contribution is 2.37. The second-order valence-corrected chi connectivity index (χ2v) is 13.4. The van der Waals surface area contributed by atoms with Gasteiger partial charge in [0.05, 0.1) is 29.6 Å². The van der Waals surface area contributed by atoms with Crippen molar-refractivity contribution >= 4 is 16.7 Å². The van der Waals surface area contributed by atoms with E-state index in [0.717, 1.165) is 54.6 Å². The lowest BCUT2D eigenvalue weighted by Gasteiger charge is -2.39. The van der Waals surface area contributed by atoms with E-state index in [-0.39, 0.29) is 5.56 Å². The summed E-state index contributed by atoms with van der Waals surface area (Å²) in [5.41, 5.74) is 4.03. The fourth-order valence-corrected chi connectivity index (χ4v) is 7.16. The van der Waals surface area contributed by atoms with E-state index in [4.69, 9.17) is 4.74 Å². The Hall–Kier alpha value is -4.70. The minimum atomic E-state index is -4.44. The molecule has 2 aliphatic heterocycles. The number of aliphatic hydroxyl groups excluding tert-OH is 4. The summed E-state index contributed by atoms with van der Waals surface area (Å²) in [4.78, 5) is 14.3. The summed E-state index contributed by atoms with van der Waals surface area (Å²) >= 11 is 0. The van der Waals surface area contributed by atoms with Gasteiger partial charge in [-0.25, -0.2) is 9.48 Å². The second-order valence-electron chi connectivity index (χ2n) is 13.4. The van der Waals surface area contributed by atoms with E-state index in [9.17, 15) is 43.5 Å². The van der Waals surface area contributed by atoms with Gasteiger partial charge in [0.1, 0.15) is 24.4 Å². The average molecular weight is 719 g/mol. The number of nitrogens with zero attached hydrogens (tertiary/aromatic N) is 4. The molecule has 0 spiro atoms. The molecular weight excluding hydrogens is 681 g/mol. The highest BCUT2D eigenvalue weighted by molar-refractivity contribution is 6.04. The predicted octanol–water partition coefficient (Wildman–Crippen LogP) is 4.83. The third-order valence-corrected chi connectivity index (χ3v) is 10.1. The second kappa shape index (κ2) is 14.4. The minimum absolute atomic E-state index is 0.108. The van der Waals surface area contributed by atoms with Gasteiger partial charge in [-0.15, -0.1) is 5.10 Å². The van der Waals surface area contributed by atoms with Crippen LogP contribution in [0.1, 0.15) is 52.2 Å². The maximum Gasteiger partial charge on any atom is 0.416 e. The van der Waals surface area contributed by atoms with Crippen molar-refractivity contribution in [3.05, 3.63) is 107 Å². The smallest absolute Gasteiger partial charge is 0.416 e. The number of benzene rings is 4. The van der Waals surface area contributed by atoms with E-state index >= 15 is 0 Å². The van der Waals surface area contributed by atoms with E-state index in [0.29, 0.717) is 34.7 Å². The first-order chi connectivity index (χ1) is 24.9. The molecule has 0 amide bonds. The topological polar surface area (TPSA) is 161 Å². The van der Waals surface area contributed by atoms with Crippen LogP contribution in [0.4, 0.5) is 13.2 Å². The normalized spacial score (nSPS) is 23.2. The van der Waals surface area contributed by atoms with Crippen molar-refractivity contribution < 1.29 is 48.2 Å². The Morgan fingerprint density at radius 3 is 2.17 bits per heavy atom. The van der Waals surface area contributed by atoms with E-state index < -0.39 is 55.0 Å². The number of fused-ring (bicyclic) bond motifs is 1. The number of alkyl halides is 3. The highest BCUT2D eigenvalue weighted by Gasteiger charge is 2.44. The summed E-state index contributed by atoms with van der Waals surface area (Å²) in [6, 6.07) is 21.7. The van der Waals surface area contributed by atoms with E-state index in [1.807, 2.05) is 24.3 Å². The van der Waals surface area contributed by atoms with Crippen molar-refractivity contribution in [1.82, 2.24) is 19.9 Å². The third-order valence-electron chi connectivity index (χ3n) is 10.1. The lowest BCUT2D eigenvalue weighted by molar-refractivity contribution is -0.254. The number of hydrogen-bond donors (Lipinski definition) is 5. The van der Waals surface area contributed by atoms with Gasteiger partial charge in [-0.3, -0.25) is 4.90 Å². The number of ether oxygens (including phenoxy) is 1. The zero-order valence-corrected chi connectivity index (χ0v) is 27.8. The molecule has 0 saturated carbocycles. The van der Waals surface area contributed by atoms with Crippen molar-refractivity contribution in [3.8, 4) is 22.3 Å². The van der Waals surface area contributed by atoms with Crippen molar-refractivity contribution in [2.45, 2.75) is 62.1 Å². The van der Waals surface area contributed by atoms with E-state index in [1.165, 1.54) is 22.4 Å². The fraction of sp³-hybridized carbons (Fsp3) is 0.342. The summed E-state index contributed by atoms with van der Waals surface area (Å²) in [5.74, 6) is -0.772. The maximum absolute atomic E-state index is 13.1. The number of carbonyl (C=O) groups is 1. The molecule has 2 aliphatic rings. The van der Waals surface area contributed by atoms with E-state index in [2.05, 4.69) is 27.3 Å². The van der Waals surface area contributed by atoms with E-state index in [1.54, 1.807) is 24.4 Å². The largest absolute Gasteiger partial charge is 0.478 e. The Balaban J connectivity index is 1.02. The monoisotopic (exact) mass is 718 g/mol. The number of likely N-dealkylation sites (tertiary alicyclic amines) is 1. The van der Waals surface area contributed by atoms with Crippen molar-refractivity contribution in [2.24, 2.45) is 0 Å². The van der Waals surface area contributed by atoms with Crippen molar-refractivity contribution in [1.29, 1.82) is 0 Å². The number of aromatic nitrogens is 3. The van der Waals surface area contributed by atoms with Gasteiger partial charge in [-0.05, 0) is 101 Å². The van der Waals surface area contributed by atoms with Crippen LogP contribution in [0.2, 0.25) is 0 Å². The number of carboxylic acid groups (broad SMARTS) is 1. The van der Waals surface area contributed by atoms with Gasteiger partial charge in [0.2, 0.25) is 0 Å². The molecule has 272 valence electrons. The van der Waals surface area contributed by atoms with Crippen LogP contribution in [-0.4, -0.2) is 95.5 Å². The molecule has 0 radical (unpaired) electrons. The zero-order chi connectivity index (χ0) is 36.7. The number of carboxylic acids is 1. The quantitative estimate of drug-likeness (QED) is 0.150. The van der Waals surface area contributed by atoms with Gasteiger partial charge in [-0.1, -0.05) is 53.7 Å². The highest BCUT2D eigenvalue weighted by atomic mass is 19.4. The molecule has 7 rings (SSSR count). The first-order valence-corrected chi connectivity index (χ1v) is 16.9. The maximum atomic E-state index is 13.1. The predicted molar refractivity (Wildman–Crippen MR) is 183 cm³/mol.